The van der Waals surface area contributed by atoms with Crippen LogP contribution in [0.4, 0.5) is 0 Å². The molecular weight excluding hydrogens is 282 g/mol. The van der Waals surface area contributed by atoms with Gasteiger partial charge in [-0.05, 0) is 33.0 Å². The monoisotopic (exact) mass is 301 g/mol. The summed E-state index contributed by atoms with van der Waals surface area (Å²) in [4.78, 5) is 23.9. The molecule has 0 aromatic heterocycles. The van der Waals surface area contributed by atoms with Crippen LogP contribution in [0.15, 0.2) is 24.3 Å². The number of nitrogens with zero attached hydrogens (tertiary/aromatic N) is 1. The number of hydrogen-bond acceptors (Lipinski definition) is 4. The normalized spacial score (nSPS) is 11.6. The van der Waals surface area contributed by atoms with Gasteiger partial charge in [0.1, 0.15) is 18.4 Å². The molecule has 0 saturated heterocycles. The molecule has 1 aromatic rings. The molecule has 0 radical (unpaired) electrons. The van der Waals surface area contributed by atoms with Gasteiger partial charge in [0.2, 0.25) is 0 Å². The number of carbonyl (C=O) groups excluding carboxylic acids is 1. The number of benzene rings is 1. The van der Waals surface area contributed by atoms with Crippen LogP contribution >= 0.6 is 12.4 Å². The van der Waals surface area contributed by atoms with Crippen LogP contribution in [-0.2, 0) is 4.79 Å². The van der Waals surface area contributed by atoms with Crippen LogP contribution in [0.2, 0.25) is 0 Å². The molecule has 0 bridgehead atoms. The van der Waals surface area contributed by atoms with Crippen molar-refractivity contribution < 1.29 is 19.4 Å². The van der Waals surface area contributed by atoms with Gasteiger partial charge in [0.05, 0.1) is 5.56 Å². The number of carboxylic acids is 1. The summed E-state index contributed by atoms with van der Waals surface area (Å²) in [6.45, 7) is 3.91. The molecule has 1 N–H and O–H groups in total. The molecule has 0 spiro atoms. The molecule has 20 heavy (non-hydrogen) atoms. The topological polar surface area (TPSA) is 66.8 Å². The summed E-state index contributed by atoms with van der Waals surface area (Å²) in [5.74, 6) is -0.388. The first-order chi connectivity index (χ1) is 8.93. The van der Waals surface area contributed by atoms with Crippen LogP contribution in [0, 0.1) is 0 Å². The third-order valence-electron chi connectivity index (χ3n) is 2.99. The molecule has 0 fully saturated rings. The second-order valence-electron chi connectivity index (χ2n) is 4.40. The van der Waals surface area contributed by atoms with Gasteiger partial charge in [-0.1, -0.05) is 12.1 Å². The summed E-state index contributed by atoms with van der Waals surface area (Å²) in [5.41, 5.74) is 0.538. The van der Waals surface area contributed by atoms with E-state index in [9.17, 15) is 9.59 Å². The Morgan fingerprint density at radius 2 is 1.95 bits per heavy atom. The molecule has 1 unspecified atom stereocenters. The minimum Gasteiger partial charge on any atom is -0.491 e. The summed E-state index contributed by atoms with van der Waals surface area (Å²) >= 11 is 0. The Balaban J connectivity index is 0.00000361. The Kier molecular flexibility index (Phi) is 7.87. The number of ketones is 1. The zero-order valence-electron chi connectivity index (χ0n) is 11.8. The number of carboxylic acid groups (broad SMARTS) is 1. The first-order valence-electron chi connectivity index (χ1n) is 6.09. The van der Waals surface area contributed by atoms with Crippen molar-refractivity contribution in [1.82, 2.24) is 4.90 Å². The van der Waals surface area contributed by atoms with Gasteiger partial charge in [0, 0.05) is 6.54 Å². The van der Waals surface area contributed by atoms with Crippen molar-refractivity contribution in [2.24, 2.45) is 0 Å². The molecule has 0 amide bonds. The van der Waals surface area contributed by atoms with E-state index >= 15 is 0 Å². The lowest BCUT2D eigenvalue weighted by Crippen LogP contribution is -2.38. The second-order valence-corrected chi connectivity index (χ2v) is 4.40. The highest BCUT2D eigenvalue weighted by molar-refractivity contribution is 5.96. The van der Waals surface area contributed by atoms with E-state index in [0.29, 0.717) is 24.5 Å². The Morgan fingerprint density at radius 3 is 2.50 bits per heavy atom. The highest BCUT2D eigenvalue weighted by Crippen LogP contribution is 2.18. The fourth-order valence-electron chi connectivity index (χ4n) is 1.57. The fraction of sp³-hybridized carbons (Fsp3) is 0.429. The molecule has 0 heterocycles. The Labute approximate surface area is 124 Å². The van der Waals surface area contributed by atoms with E-state index in [1.54, 1.807) is 43.1 Å². The second kappa shape index (κ2) is 8.55. The van der Waals surface area contributed by atoms with Gasteiger partial charge in [-0.15, -0.1) is 12.4 Å². The van der Waals surface area contributed by atoms with Gasteiger partial charge in [-0.3, -0.25) is 14.5 Å². The number of rotatable bonds is 7. The molecule has 0 saturated carbocycles. The number of carbonyl (C=O) groups is 2. The maximum Gasteiger partial charge on any atom is 0.320 e. The number of Topliss-reactive ketones (excluding diaryl/α,β-unsaturated/α-hetero) is 1. The number of ether oxygens (including phenoxy) is 1. The van der Waals surface area contributed by atoms with E-state index in [4.69, 9.17) is 9.84 Å². The molecule has 1 atom stereocenters. The molecule has 1 aromatic carbocycles. The molecule has 0 aliphatic carbocycles. The number of halogens is 1. The predicted molar refractivity (Wildman–Crippen MR) is 78.9 cm³/mol. The van der Waals surface area contributed by atoms with Crippen LogP contribution in [0.3, 0.4) is 0 Å². The molecule has 0 aliphatic rings. The predicted octanol–water partition coefficient (Wildman–Crippen LogP) is 2.09. The Morgan fingerprint density at radius 1 is 1.35 bits per heavy atom. The summed E-state index contributed by atoms with van der Waals surface area (Å²) in [6.07, 6.45) is 0. The maximum absolute atomic E-state index is 11.4. The van der Waals surface area contributed by atoms with Crippen molar-refractivity contribution in [3.8, 4) is 5.75 Å². The lowest BCUT2D eigenvalue weighted by Gasteiger charge is -2.21. The van der Waals surface area contributed by atoms with Crippen LogP contribution < -0.4 is 4.74 Å². The first-order valence-corrected chi connectivity index (χ1v) is 6.09. The van der Waals surface area contributed by atoms with E-state index in [2.05, 4.69) is 0 Å². The van der Waals surface area contributed by atoms with Gasteiger partial charge in [-0.2, -0.15) is 0 Å². The molecule has 112 valence electrons. The van der Waals surface area contributed by atoms with Gasteiger partial charge in [0.15, 0.2) is 5.78 Å². The standard InChI is InChI=1S/C14H19NO4.ClH/c1-10(14(17)18)15(3)8-9-19-13-7-5-4-6-12(13)11(2)16;/h4-7,10H,8-9H2,1-3H3,(H,17,18);1H. The maximum atomic E-state index is 11.4. The highest BCUT2D eigenvalue weighted by Gasteiger charge is 2.16. The summed E-state index contributed by atoms with van der Waals surface area (Å²) < 4.78 is 5.54. The minimum absolute atomic E-state index is 0. The Hall–Kier alpha value is -1.59. The number of aliphatic carboxylic acids is 1. The number of likely N-dealkylation sites (N-methyl/N-ethyl adjacent to an activating group) is 1. The van der Waals surface area contributed by atoms with Gasteiger partial charge in [0.25, 0.3) is 0 Å². The molecular formula is C14H20ClNO4. The van der Waals surface area contributed by atoms with Crippen molar-refractivity contribution in [3.63, 3.8) is 0 Å². The van der Waals surface area contributed by atoms with Crippen LogP contribution in [0.1, 0.15) is 24.2 Å². The average molecular weight is 302 g/mol. The van der Waals surface area contributed by atoms with Crippen LogP contribution in [0.5, 0.6) is 5.75 Å². The van der Waals surface area contributed by atoms with Gasteiger partial charge < -0.3 is 9.84 Å². The smallest absolute Gasteiger partial charge is 0.320 e. The summed E-state index contributed by atoms with van der Waals surface area (Å²) in [7, 11) is 1.72. The summed E-state index contributed by atoms with van der Waals surface area (Å²) in [5, 5.41) is 8.86. The van der Waals surface area contributed by atoms with Crippen molar-refractivity contribution >= 4 is 24.2 Å². The highest BCUT2D eigenvalue weighted by atomic mass is 35.5. The summed E-state index contributed by atoms with van der Waals surface area (Å²) in [6, 6.07) is 6.46. The average Bonchev–Trinajstić information content (AvgIpc) is 2.37. The third kappa shape index (κ3) is 5.19. The zero-order valence-corrected chi connectivity index (χ0v) is 12.6. The minimum atomic E-state index is -0.869. The van der Waals surface area contributed by atoms with Crippen LogP contribution in [-0.4, -0.2) is 48.0 Å². The molecule has 0 aliphatic heterocycles. The fourth-order valence-corrected chi connectivity index (χ4v) is 1.57. The third-order valence-corrected chi connectivity index (χ3v) is 2.99. The van der Waals surface area contributed by atoms with Gasteiger partial charge >= 0.3 is 5.97 Å². The molecule has 5 nitrogen and oxygen atoms in total. The van der Waals surface area contributed by atoms with E-state index in [1.807, 2.05) is 0 Å². The van der Waals surface area contributed by atoms with Crippen molar-refractivity contribution in [2.75, 3.05) is 20.2 Å². The zero-order chi connectivity index (χ0) is 14.4. The van der Waals surface area contributed by atoms with Crippen LogP contribution in [0.25, 0.3) is 0 Å². The quantitative estimate of drug-likeness (QED) is 0.781. The number of para-hydroxylation sites is 1. The van der Waals surface area contributed by atoms with E-state index in [-0.39, 0.29) is 18.2 Å². The van der Waals surface area contributed by atoms with E-state index in [1.165, 1.54) is 6.92 Å². The van der Waals surface area contributed by atoms with E-state index in [0.717, 1.165) is 0 Å². The molecule has 1 rings (SSSR count). The Bertz CT molecular complexity index is 464. The number of hydrogen-bond donors (Lipinski definition) is 1. The van der Waals surface area contributed by atoms with Crippen molar-refractivity contribution in [1.29, 1.82) is 0 Å². The lowest BCUT2D eigenvalue weighted by atomic mass is 10.1. The molecule has 6 heteroatoms. The lowest BCUT2D eigenvalue weighted by molar-refractivity contribution is -0.142. The first kappa shape index (κ1) is 18.4. The van der Waals surface area contributed by atoms with Gasteiger partial charge in [-0.25, -0.2) is 0 Å². The largest absolute Gasteiger partial charge is 0.491 e. The SMILES string of the molecule is CC(=O)c1ccccc1OCCN(C)C(C)C(=O)O.Cl. The van der Waals surface area contributed by atoms with Crippen molar-refractivity contribution in [2.45, 2.75) is 19.9 Å². The van der Waals surface area contributed by atoms with Crippen molar-refractivity contribution in [3.05, 3.63) is 29.8 Å². The van der Waals surface area contributed by atoms with E-state index < -0.39 is 12.0 Å².